The fourth-order valence-electron chi connectivity index (χ4n) is 3.33. The first-order valence-electron chi connectivity index (χ1n) is 9.31. The molecule has 3 rings (SSSR count). The van der Waals surface area contributed by atoms with E-state index in [0.29, 0.717) is 0 Å². The van der Waals surface area contributed by atoms with Crippen molar-refractivity contribution in [3.05, 3.63) is 52.0 Å². The monoisotopic (exact) mass is 483 g/mol. The van der Waals surface area contributed by atoms with E-state index in [1.807, 2.05) is 6.07 Å². The number of nitrogens with zero attached hydrogens (tertiary/aromatic N) is 4. The van der Waals surface area contributed by atoms with Crippen molar-refractivity contribution >= 4 is 28.5 Å². The first-order valence-corrected chi connectivity index (χ1v) is 9.69. The number of carbonyl (C=O) groups is 1. The largest absolute Gasteiger partial charge is 0.573 e. The molecule has 1 amide bonds. The molecular weight excluding hydrogens is 467 g/mol. The maximum atomic E-state index is 12.7. The van der Waals surface area contributed by atoms with Crippen molar-refractivity contribution in [3.8, 4) is 11.8 Å². The topological polar surface area (TPSA) is 147 Å². The molecule has 0 bridgehead atoms. The van der Waals surface area contributed by atoms with Crippen LogP contribution in [0.4, 0.5) is 13.2 Å². The summed E-state index contributed by atoms with van der Waals surface area (Å²) in [6.07, 6.45) is -6.28. The Kier molecular flexibility index (Phi) is 6.51. The van der Waals surface area contributed by atoms with Gasteiger partial charge in [-0.25, -0.2) is 0 Å². The van der Waals surface area contributed by atoms with Crippen molar-refractivity contribution in [1.29, 1.82) is 5.26 Å². The van der Waals surface area contributed by atoms with Crippen LogP contribution in [0.15, 0.2) is 30.3 Å². The Morgan fingerprint density at radius 1 is 1.33 bits per heavy atom. The maximum Gasteiger partial charge on any atom is 0.573 e. The molecule has 4 N–H and O–H groups in total. The number of benzene rings is 2. The maximum absolute atomic E-state index is 12.7. The summed E-state index contributed by atoms with van der Waals surface area (Å²) < 4.78 is 42.0. The van der Waals surface area contributed by atoms with Gasteiger partial charge in [0.05, 0.1) is 19.2 Å². The van der Waals surface area contributed by atoms with Gasteiger partial charge in [-0.05, 0) is 42.8 Å². The molecule has 33 heavy (non-hydrogen) atoms. The third-order valence-corrected chi connectivity index (χ3v) is 5.06. The van der Waals surface area contributed by atoms with Crippen molar-refractivity contribution in [2.45, 2.75) is 31.3 Å². The lowest BCUT2D eigenvalue weighted by molar-refractivity contribution is -0.274. The second kappa shape index (κ2) is 8.86. The normalized spacial score (nSPS) is 14.5. The van der Waals surface area contributed by atoms with Gasteiger partial charge in [0.2, 0.25) is 5.91 Å². The number of primary amides is 1. The number of hydrogen-bond acceptors (Lipinski definition) is 7. The van der Waals surface area contributed by atoms with E-state index in [0.717, 1.165) is 23.0 Å². The summed E-state index contributed by atoms with van der Waals surface area (Å²) >= 11 is 6.04. The Hall–Kier alpha value is -3.40. The summed E-state index contributed by atoms with van der Waals surface area (Å²) in [4.78, 5) is 13.0. The number of halogens is 4. The average Bonchev–Trinajstić information content (AvgIpc) is 3.12. The molecule has 0 aliphatic rings. The van der Waals surface area contributed by atoms with Crippen LogP contribution in [0.5, 0.6) is 5.75 Å². The second-order valence-corrected chi connectivity index (χ2v) is 7.79. The van der Waals surface area contributed by atoms with E-state index in [-0.39, 0.29) is 39.3 Å². The number of carbonyl (C=O) groups excluding carboxylic acids is 1. The number of ether oxygens (including phenoxy) is 1. The summed E-state index contributed by atoms with van der Waals surface area (Å²) in [6, 6.07) is 7.69. The van der Waals surface area contributed by atoms with Gasteiger partial charge in [0, 0.05) is 16.1 Å². The fourth-order valence-corrected chi connectivity index (χ4v) is 3.55. The van der Waals surface area contributed by atoms with Crippen LogP contribution in [0.25, 0.3) is 11.0 Å². The number of fused-ring (bicyclic) bond motifs is 1. The van der Waals surface area contributed by atoms with Crippen LogP contribution in [0.3, 0.4) is 0 Å². The standard InChI is InChI=1S/C20H17ClF3N5O4/c1-19(8-25,14-6-11(33-20(22,23)24)2-3-12(14)18(26)32)9-29-27-15-5-10(21)4-13(16(31)7-30)17(15)28-29/h2-6,16,30-31H,7,9H2,1H3,(H2,26,32). The van der Waals surface area contributed by atoms with E-state index in [9.17, 15) is 33.4 Å². The Morgan fingerprint density at radius 3 is 2.61 bits per heavy atom. The molecule has 0 fully saturated rings. The first kappa shape index (κ1) is 24.2. The van der Waals surface area contributed by atoms with E-state index in [1.54, 1.807) is 0 Å². The summed E-state index contributed by atoms with van der Waals surface area (Å²) in [5.74, 6) is -1.59. The smallest absolute Gasteiger partial charge is 0.406 e. The molecule has 174 valence electrons. The highest BCUT2D eigenvalue weighted by atomic mass is 35.5. The Morgan fingerprint density at radius 2 is 2.03 bits per heavy atom. The lowest BCUT2D eigenvalue weighted by atomic mass is 9.81. The zero-order chi connectivity index (χ0) is 24.6. The SMILES string of the molecule is CC(C#N)(Cn1nc2cc(Cl)cc(C(O)CO)c2n1)c1cc(OC(F)(F)F)ccc1C(N)=O. The number of aliphatic hydroxyl groups excluding tert-OH is 2. The summed E-state index contributed by atoms with van der Waals surface area (Å²) in [5.41, 5.74) is 4.10. The highest BCUT2D eigenvalue weighted by molar-refractivity contribution is 6.31. The van der Waals surface area contributed by atoms with E-state index in [2.05, 4.69) is 14.9 Å². The van der Waals surface area contributed by atoms with Gasteiger partial charge in [0.25, 0.3) is 0 Å². The molecule has 0 saturated carbocycles. The predicted molar refractivity (Wildman–Crippen MR) is 109 cm³/mol. The van der Waals surface area contributed by atoms with Gasteiger partial charge < -0.3 is 20.7 Å². The van der Waals surface area contributed by atoms with Gasteiger partial charge in [-0.15, -0.1) is 13.2 Å². The molecule has 3 aromatic rings. The number of nitrogens with two attached hydrogens (primary N) is 1. The lowest BCUT2D eigenvalue weighted by Crippen LogP contribution is -2.31. The molecule has 1 heterocycles. The highest BCUT2D eigenvalue weighted by Gasteiger charge is 2.35. The Labute approximate surface area is 189 Å². The minimum atomic E-state index is -4.99. The number of hydrogen-bond donors (Lipinski definition) is 3. The summed E-state index contributed by atoms with van der Waals surface area (Å²) in [7, 11) is 0. The Bertz CT molecular complexity index is 1260. The molecule has 2 aromatic carbocycles. The first-order chi connectivity index (χ1) is 15.4. The summed E-state index contributed by atoms with van der Waals surface area (Å²) in [6.45, 7) is 0.461. The van der Waals surface area contributed by atoms with Gasteiger partial charge in [0.15, 0.2) is 0 Å². The molecule has 0 radical (unpaired) electrons. The number of amides is 1. The number of rotatable bonds is 7. The molecule has 0 saturated heterocycles. The molecule has 13 heteroatoms. The van der Waals surface area contributed by atoms with E-state index in [4.69, 9.17) is 17.3 Å². The van der Waals surface area contributed by atoms with E-state index < -0.39 is 36.1 Å². The van der Waals surface area contributed by atoms with Crippen LogP contribution >= 0.6 is 11.6 Å². The van der Waals surface area contributed by atoms with E-state index >= 15 is 0 Å². The minimum absolute atomic E-state index is 0.116. The van der Waals surface area contributed by atoms with Crippen LogP contribution in [0, 0.1) is 11.3 Å². The van der Waals surface area contributed by atoms with Crippen molar-refractivity contribution in [2.24, 2.45) is 5.73 Å². The molecular formula is C20H17ClF3N5O4. The second-order valence-electron chi connectivity index (χ2n) is 7.35. The fraction of sp³-hybridized carbons (Fsp3) is 0.300. The molecule has 1 aromatic heterocycles. The molecule has 9 nitrogen and oxygen atoms in total. The van der Waals surface area contributed by atoms with Crippen molar-refractivity contribution in [2.75, 3.05) is 6.61 Å². The number of aliphatic hydroxyl groups is 2. The predicted octanol–water partition coefficient (Wildman–Crippen LogP) is 2.59. The van der Waals surface area contributed by atoms with Crippen molar-refractivity contribution in [1.82, 2.24) is 15.0 Å². The van der Waals surface area contributed by atoms with Gasteiger partial charge in [-0.3, -0.25) is 4.79 Å². The number of nitriles is 1. The van der Waals surface area contributed by atoms with Crippen LogP contribution < -0.4 is 10.5 Å². The highest BCUT2D eigenvalue weighted by Crippen LogP contribution is 2.34. The quantitative estimate of drug-likeness (QED) is 0.468. The summed E-state index contributed by atoms with van der Waals surface area (Å²) in [5, 5.41) is 37.9. The minimum Gasteiger partial charge on any atom is -0.406 e. The van der Waals surface area contributed by atoms with Gasteiger partial charge in [0.1, 0.15) is 28.3 Å². The van der Waals surface area contributed by atoms with Gasteiger partial charge >= 0.3 is 6.36 Å². The molecule has 2 unspecified atom stereocenters. The third kappa shape index (κ3) is 5.16. The molecule has 0 aliphatic carbocycles. The van der Waals surface area contributed by atoms with Crippen LogP contribution in [0.1, 0.15) is 34.5 Å². The van der Waals surface area contributed by atoms with E-state index in [1.165, 1.54) is 19.1 Å². The molecule has 0 spiro atoms. The van der Waals surface area contributed by atoms with Crippen LogP contribution in [0.2, 0.25) is 5.02 Å². The number of aromatic nitrogens is 3. The van der Waals surface area contributed by atoms with Crippen molar-refractivity contribution in [3.63, 3.8) is 0 Å². The number of alkyl halides is 3. The lowest BCUT2D eigenvalue weighted by Gasteiger charge is -2.24. The molecule has 0 aliphatic heterocycles. The zero-order valence-electron chi connectivity index (χ0n) is 17.0. The van der Waals surface area contributed by atoms with Gasteiger partial charge in [-0.1, -0.05) is 11.6 Å². The van der Waals surface area contributed by atoms with Crippen LogP contribution in [-0.4, -0.2) is 44.1 Å². The Balaban J connectivity index is 2.10. The average molecular weight is 484 g/mol. The van der Waals surface area contributed by atoms with Crippen LogP contribution in [-0.2, 0) is 12.0 Å². The zero-order valence-corrected chi connectivity index (χ0v) is 17.7. The van der Waals surface area contributed by atoms with Gasteiger partial charge in [-0.2, -0.15) is 20.3 Å². The molecule has 2 atom stereocenters. The van der Waals surface area contributed by atoms with Crippen molar-refractivity contribution < 1.29 is 32.9 Å². The third-order valence-electron chi connectivity index (χ3n) is 4.84.